The van der Waals surface area contributed by atoms with Crippen LogP contribution in [0.4, 0.5) is 0 Å². The maximum Gasteiger partial charge on any atom is 0.256 e. The summed E-state index contributed by atoms with van der Waals surface area (Å²) in [5.41, 5.74) is 0. The van der Waals surface area contributed by atoms with Crippen molar-refractivity contribution in [3.63, 3.8) is 0 Å². The summed E-state index contributed by atoms with van der Waals surface area (Å²) < 4.78 is 22.4. The lowest BCUT2D eigenvalue weighted by Crippen LogP contribution is -2.18. The summed E-state index contributed by atoms with van der Waals surface area (Å²) >= 11 is 0. The number of carbonyl (C=O) groups excluding carboxylic acids is 1. The molecule has 0 aromatic rings. The maximum atomic E-state index is 10.4. The molecule has 0 aromatic heterocycles. The van der Waals surface area contributed by atoms with Crippen LogP contribution >= 0.6 is 0 Å². The average molecular weight is 149 g/mol. The van der Waals surface area contributed by atoms with Crippen LogP contribution in [-0.4, -0.2) is 14.8 Å². The van der Waals surface area contributed by atoms with Crippen molar-refractivity contribution in [2.24, 2.45) is 0 Å². The SMILES string of the molecule is CC=CS(=O)(=O)NC=O. The fraction of sp³-hybridized carbons (Fsp3) is 0.250. The minimum Gasteiger partial charge on any atom is -0.278 e. The van der Waals surface area contributed by atoms with E-state index in [2.05, 4.69) is 0 Å². The average Bonchev–Trinajstić information content (AvgIpc) is 1.64. The highest BCUT2D eigenvalue weighted by Crippen LogP contribution is 1.82. The molecule has 4 nitrogen and oxygen atoms in total. The van der Waals surface area contributed by atoms with E-state index >= 15 is 0 Å². The van der Waals surface area contributed by atoms with Crippen LogP contribution < -0.4 is 4.72 Å². The third-order valence-electron chi connectivity index (χ3n) is 0.528. The molecule has 52 valence electrons. The summed E-state index contributed by atoms with van der Waals surface area (Å²) in [7, 11) is -3.48. The molecule has 0 heterocycles. The van der Waals surface area contributed by atoms with E-state index in [1.54, 1.807) is 11.6 Å². The lowest BCUT2D eigenvalue weighted by atomic mass is 10.8. The van der Waals surface area contributed by atoms with Crippen molar-refractivity contribution in [1.29, 1.82) is 0 Å². The monoisotopic (exact) mass is 149 g/mol. The van der Waals surface area contributed by atoms with Crippen molar-refractivity contribution in [3.8, 4) is 0 Å². The molecule has 1 amide bonds. The van der Waals surface area contributed by atoms with Crippen LogP contribution in [0, 0.1) is 0 Å². The van der Waals surface area contributed by atoms with Gasteiger partial charge in [0.1, 0.15) is 0 Å². The molecule has 0 unspecified atom stereocenters. The van der Waals surface area contributed by atoms with Gasteiger partial charge in [-0.15, -0.1) is 0 Å². The molecule has 0 aliphatic heterocycles. The van der Waals surface area contributed by atoms with Gasteiger partial charge in [0.15, 0.2) is 0 Å². The largest absolute Gasteiger partial charge is 0.278 e. The van der Waals surface area contributed by atoms with E-state index in [0.29, 0.717) is 0 Å². The zero-order valence-electron chi connectivity index (χ0n) is 4.87. The highest BCUT2D eigenvalue weighted by Gasteiger charge is 1.98. The van der Waals surface area contributed by atoms with Gasteiger partial charge in [-0.25, -0.2) is 8.42 Å². The number of amides is 1. The molecule has 0 bridgehead atoms. The Morgan fingerprint density at radius 3 is 2.33 bits per heavy atom. The van der Waals surface area contributed by atoms with E-state index in [4.69, 9.17) is 0 Å². The summed E-state index contributed by atoms with van der Waals surface area (Å²) in [5, 5.41) is 0.904. The predicted molar refractivity (Wildman–Crippen MR) is 32.9 cm³/mol. The van der Waals surface area contributed by atoms with E-state index in [-0.39, 0.29) is 6.41 Å². The van der Waals surface area contributed by atoms with Gasteiger partial charge in [-0.2, -0.15) is 0 Å². The zero-order valence-corrected chi connectivity index (χ0v) is 5.68. The molecule has 0 rings (SSSR count). The van der Waals surface area contributed by atoms with Crippen molar-refractivity contribution >= 4 is 16.4 Å². The first-order chi connectivity index (χ1) is 4.12. The number of allylic oxidation sites excluding steroid dienone is 1. The van der Waals surface area contributed by atoms with Gasteiger partial charge in [0.25, 0.3) is 10.0 Å². The van der Waals surface area contributed by atoms with Crippen molar-refractivity contribution in [3.05, 3.63) is 11.5 Å². The third-order valence-corrected chi connectivity index (χ3v) is 1.58. The highest BCUT2D eigenvalue weighted by molar-refractivity contribution is 7.92. The van der Waals surface area contributed by atoms with Gasteiger partial charge in [0, 0.05) is 5.41 Å². The third kappa shape index (κ3) is 3.72. The lowest BCUT2D eigenvalue weighted by Gasteiger charge is -1.89. The molecule has 0 spiro atoms. The molecule has 0 atom stereocenters. The molecule has 1 N–H and O–H groups in total. The van der Waals surface area contributed by atoms with E-state index < -0.39 is 10.0 Å². The van der Waals surface area contributed by atoms with Crippen LogP contribution in [0.1, 0.15) is 6.92 Å². The molecule has 0 aliphatic carbocycles. The van der Waals surface area contributed by atoms with E-state index in [9.17, 15) is 13.2 Å². The normalized spacial score (nSPS) is 11.7. The predicted octanol–water partition coefficient (Wildman–Crippen LogP) is -0.404. The number of carbonyl (C=O) groups is 1. The highest BCUT2D eigenvalue weighted by atomic mass is 32.2. The number of hydrogen-bond acceptors (Lipinski definition) is 3. The van der Waals surface area contributed by atoms with Crippen molar-refractivity contribution in [1.82, 2.24) is 4.72 Å². The van der Waals surface area contributed by atoms with Crippen LogP contribution in [0.25, 0.3) is 0 Å². The molecule has 0 saturated heterocycles. The Hall–Kier alpha value is -0.840. The van der Waals surface area contributed by atoms with Gasteiger partial charge in [0.2, 0.25) is 6.41 Å². The maximum absolute atomic E-state index is 10.4. The van der Waals surface area contributed by atoms with Crippen LogP contribution in [-0.2, 0) is 14.8 Å². The molecule has 5 heteroatoms. The summed E-state index contributed by atoms with van der Waals surface area (Å²) in [6.07, 6.45) is 1.45. The van der Waals surface area contributed by atoms with E-state index in [1.165, 1.54) is 6.08 Å². The van der Waals surface area contributed by atoms with Crippen molar-refractivity contribution < 1.29 is 13.2 Å². The summed E-state index contributed by atoms with van der Waals surface area (Å²) in [4.78, 5) is 9.57. The molecule has 9 heavy (non-hydrogen) atoms. The zero-order chi connectivity index (χ0) is 7.33. The van der Waals surface area contributed by atoms with Crippen LogP contribution in [0.15, 0.2) is 11.5 Å². The summed E-state index contributed by atoms with van der Waals surface area (Å²) in [6.45, 7) is 1.55. The van der Waals surface area contributed by atoms with Crippen LogP contribution in [0.3, 0.4) is 0 Å². The second-order valence-electron chi connectivity index (χ2n) is 1.25. The van der Waals surface area contributed by atoms with Crippen molar-refractivity contribution in [2.75, 3.05) is 0 Å². The van der Waals surface area contributed by atoms with E-state index in [1.807, 2.05) is 0 Å². The molecular weight excluding hydrogens is 142 g/mol. The van der Waals surface area contributed by atoms with E-state index in [0.717, 1.165) is 5.41 Å². The second-order valence-corrected chi connectivity index (χ2v) is 2.85. The number of rotatable bonds is 3. The summed E-state index contributed by atoms with van der Waals surface area (Å²) in [6, 6.07) is 0. The fourth-order valence-corrected chi connectivity index (χ4v) is 0.856. The molecule has 0 radical (unpaired) electrons. The van der Waals surface area contributed by atoms with Crippen molar-refractivity contribution in [2.45, 2.75) is 6.92 Å². The first kappa shape index (κ1) is 8.16. The Bertz CT molecular complexity index is 204. The van der Waals surface area contributed by atoms with Gasteiger partial charge in [0.05, 0.1) is 0 Å². The minimum absolute atomic E-state index is 0.120. The minimum atomic E-state index is -3.48. The molecule has 0 aromatic carbocycles. The Morgan fingerprint density at radius 1 is 1.44 bits per heavy atom. The molecule has 0 fully saturated rings. The summed E-state index contributed by atoms with van der Waals surface area (Å²) in [5.74, 6) is 0. The topological polar surface area (TPSA) is 63.2 Å². The van der Waals surface area contributed by atoms with Gasteiger partial charge in [-0.3, -0.25) is 9.52 Å². The van der Waals surface area contributed by atoms with Gasteiger partial charge in [-0.1, -0.05) is 6.08 Å². The molecule has 0 aliphatic rings. The number of hydrogen-bond donors (Lipinski definition) is 1. The number of nitrogens with one attached hydrogen (secondary N) is 1. The standard InChI is InChI=1S/C4H7NO3S/c1-2-3-9(7,8)5-4-6/h2-4H,1H3,(H,5,6). The van der Waals surface area contributed by atoms with Gasteiger partial charge < -0.3 is 0 Å². The molecular formula is C4H7NO3S. The van der Waals surface area contributed by atoms with Crippen LogP contribution in [0.5, 0.6) is 0 Å². The number of sulfonamides is 1. The fourth-order valence-electron chi connectivity index (χ4n) is 0.285. The second kappa shape index (κ2) is 3.24. The Morgan fingerprint density at radius 2 is 2.00 bits per heavy atom. The lowest BCUT2D eigenvalue weighted by molar-refractivity contribution is -0.108. The Labute approximate surface area is 53.6 Å². The smallest absolute Gasteiger partial charge is 0.256 e. The first-order valence-corrected chi connectivity index (χ1v) is 3.75. The Balaban J connectivity index is 4.22. The Kier molecular flexibility index (Phi) is 2.94. The van der Waals surface area contributed by atoms with Gasteiger partial charge >= 0.3 is 0 Å². The quantitative estimate of drug-likeness (QED) is 0.555. The van der Waals surface area contributed by atoms with Gasteiger partial charge in [-0.05, 0) is 6.92 Å². The van der Waals surface area contributed by atoms with Crippen LogP contribution in [0.2, 0.25) is 0 Å². The molecule has 0 saturated carbocycles. The first-order valence-electron chi connectivity index (χ1n) is 2.21.